The number of fused-ring (bicyclic) bond motifs is 1. The molecule has 1 aliphatic heterocycles. The highest BCUT2D eigenvalue weighted by Crippen LogP contribution is 2.38. The quantitative estimate of drug-likeness (QED) is 0.924. The Morgan fingerprint density at radius 3 is 2.68 bits per heavy atom. The summed E-state index contributed by atoms with van der Waals surface area (Å²) in [6.07, 6.45) is 0.716. The van der Waals surface area contributed by atoms with Gasteiger partial charge in [-0.15, -0.1) is 11.3 Å². The van der Waals surface area contributed by atoms with Gasteiger partial charge in [0.1, 0.15) is 0 Å². The molecule has 1 aliphatic rings. The normalized spacial score (nSPS) is 20.4. The minimum atomic E-state index is -0.0509. The number of hydrogen-bond donors (Lipinski definition) is 1. The van der Waals surface area contributed by atoms with Gasteiger partial charge in [0, 0.05) is 18.7 Å². The molecule has 2 amide bonds. The van der Waals surface area contributed by atoms with Gasteiger partial charge in [-0.25, -0.2) is 0 Å². The van der Waals surface area contributed by atoms with Gasteiger partial charge in [-0.3, -0.25) is 9.59 Å². The Balaban J connectivity index is 2.01. The first kappa shape index (κ1) is 14.8. The minimum absolute atomic E-state index is 0.0243. The Morgan fingerprint density at radius 1 is 1.23 bits per heavy atom. The standard InChI is InChI=1S/C17H18N2O2S/c1-11-10-14(18-12(2)20)13-6-3-4-7-15(13)19(11)17(21)16-8-5-9-22-16/h3-9,11,14H,10H2,1-2H3,(H,18,20). The summed E-state index contributed by atoms with van der Waals surface area (Å²) in [5, 5.41) is 4.90. The number of carbonyl (C=O) groups is 2. The summed E-state index contributed by atoms with van der Waals surface area (Å²) >= 11 is 1.45. The average Bonchev–Trinajstić information content (AvgIpc) is 3.00. The molecule has 0 fully saturated rings. The molecule has 1 aromatic heterocycles. The zero-order valence-electron chi connectivity index (χ0n) is 12.6. The highest BCUT2D eigenvalue weighted by atomic mass is 32.1. The maximum atomic E-state index is 12.8. The molecule has 2 atom stereocenters. The molecule has 114 valence electrons. The van der Waals surface area contributed by atoms with E-state index >= 15 is 0 Å². The van der Waals surface area contributed by atoms with E-state index in [1.807, 2.05) is 53.6 Å². The number of nitrogens with one attached hydrogen (secondary N) is 1. The maximum Gasteiger partial charge on any atom is 0.268 e. The van der Waals surface area contributed by atoms with Gasteiger partial charge in [-0.2, -0.15) is 0 Å². The number of amides is 2. The van der Waals surface area contributed by atoms with Crippen molar-refractivity contribution in [1.29, 1.82) is 0 Å². The van der Waals surface area contributed by atoms with Crippen LogP contribution in [0.1, 0.15) is 41.5 Å². The molecule has 4 nitrogen and oxygen atoms in total. The molecule has 5 heteroatoms. The van der Waals surface area contributed by atoms with Crippen molar-refractivity contribution in [2.75, 3.05) is 4.90 Å². The second-order valence-electron chi connectivity index (χ2n) is 5.55. The Kier molecular flexibility index (Phi) is 3.98. The van der Waals surface area contributed by atoms with Crippen LogP contribution in [-0.2, 0) is 4.79 Å². The van der Waals surface area contributed by atoms with Crippen molar-refractivity contribution in [3.05, 3.63) is 52.2 Å². The molecule has 0 bridgehead atoms. The molecule has 22 heavy (non-hydrogen) atoms. The lowest BCUT2D eigenvalue weighted by molar-refractivity contribution is -0.119. The largest absolute Gasteiger partial charge is 0.349 e. The molecule has 2 aromatic rings. The zero-order valence-corrected chi connectivity index (χ0v) is 13.4. The molecule has 0 spiro atoms. The van der Waals surface area contributed by atoms with Crippen molar-refractivity contribution < 1.29 is 9.59 Å². The van der Waals surface area contributed by atoms with E-state index in [1.165, 1.54) is 18.3 Å². The third kappa shape index (κ3) is 2.64. The summed E-state index contributed by atoms with van der Waals surface area (Å²) in [4.78, 5) is 26.8. The molecule has 2 unspecified atom stereocenters. The van der Waals surface area contributed by atoms with Gasteiger partial charge in [-0.05, 0) is 36.4 Å². The highest BCUT2D eigenvalue weighted by Gasteiger charge is 2.34. The van der Waals surface area contributed by atoms with Crippen molar-refractivity contribution in [3.63, 3.8) is 0 Å². The van der Waals surface area contributed by atoms with E-state index < -0.39 is 0 Å². The van der Waals surface area contributed by atoms with Crippen LogP contribution in [0.15, 0.2) is 41.8 Å². The van der Waals surface area contributed by atoms with Crippen LogP contribution in [0.3, 0.4) is 0 Å². The fraction of sp³-hybridized carbons (Fsp3) is 0.294. The van der Waals surface area contributed by atoms with E-state index in [0.717, 1.165) is 16.1 Å². The number of thiophene rings is 1. The number of hydrogen-bond acceptors (Lipinski definition) is 3. The zero-order chi connectivity index (χ0) is 15.7. The van der Waals surface area contributed by atoms with E-state index in [1.54, 1.807) is 0 Å². The highest BCUT2D eigenvalue weighted by molar-refractivity contribution is 7.12. The third-order valence-corrected chi connectivity index (χ3v) is 4.78. The summed E-state index contributed by atoms with van der Waals surface area (Å²) in [6.45, 7) is 3.55. The average molecular weight is 314 g/mol. The fourth-order valence-electron chi connectivity index (χ4n) is 3.02. The number of rotatable bonds is 2. The molecule has 3 rings (SSSR count). The van der Waals surface area contributed by atoms with Crippen molar-refractivity contribution in [3.8, 4) is 0 Å². The summed E-state index contributed by atoms with van der Waals surface area (Å²) in [5.74, 6) is -0.0266. The Labute approximate surface area is 133 Å². The van der Waals surface area contributed by atoms with Gasteiger partial charge < -0.3 is 10.2 Å². The smallest absolute Gasteiger partial charge is 0.268 e. The predicted octanol–water partition coefficient (Wildman–Crippen LogP) is 3.36. The molecule has 1 N–H and O–H groups in total. The van der Waals surface area contributed by atoms with Crippen LogP contribution in [0, 0.1) is 0 Å². The van der Waals surface area contributed by atoms with Crippen LogP contribution in [0.4, 0.5) is 5.69 Å². The van der Waals surface area contributed by atoms with Crippen LogP contribution >= 0.6 is 11.3 Å². The van der Waals surface area contributed by atoms with E-state index in [2.05, 4.69) is 5.32 Å². The van der Waals surface area contributed by atoms with Gasteiger partial charge in [0.25, 0.3) is 5.91 Å². The summed E-state index contributed by atoms with van der Waals surface area (Å²) < 4.78 is 0. The monoisotopic (exact) mass is 314 g/mol. The number of anilines is 1. The van der Waals surface area contributed by atoms with Crippen molar-refractivity contribution >= 4 is 28.8 Å². The molecule has 0 saturated heterocycles. The van der Waals surface area contributed by atoms with E-state index in [4.69, 9.17) is 0 Å². The van der Waals surface area contributed by atoms with Gasteiger partial charge in [0.2, 0.25) is 5.91 Å². The Bertz CT molecular complexity index is 696. The number of para-hydroxylation sites is 1. The lowest BCUT2D eigenvalue weighted by Gasteiger charge is -2.39. The molecule has 0 saturated carbocycles. The summed E-state index contributed by atoms with van der Waals surface area (Å²) in [6, 6.07) is 11.5. The van der Waals surface area contributed by atoms with E-state index in [0.29, 0.717) is 6.42 Å². The summed E-state index contributed by atoms with van der Waals surface area (Å²) in [5.41, 5.74) is 1.89. The first-order valence-electron chi connectivity index (χ1n) is 7.31. The van der Waals surface area contributed by atoms with Crippen molar-refractivity contribution in [1.82, 2.24) is 5.32 Å². The topological polar surface area (TPSA) is 49.4 Å². The van der Waals surface area contributed by atoms with Crippen LogP contribution in [-0.4, -0.2) is 17.9 Å². The SMILES string of the molecule is CC(=O)NC1CC(C)N(C(=O)c2cccs2)c2ccccc21. The predicted molar refractivity (Wildman–Crippen MR) is 88.2 cm³/mol. The molecule has 2 heterocycles. The molecule has 0 aliphatic carbocycles. The number of benzene rings is 1. The Hall–Kier alpha value is -2.14. The molecule has 1 aromatic carbocycles. The van der Waals surface area contributed by atoms with Crippen LogP contribution in [0.25, 0.3) is 0 Å². The van der Waals surface area contributed by atoms with E-state index in [9.17, 15) is 9.59 Å². The third-order valence-electron chi connectivity index (χ3n) is 3.92. The van der Waals surface area contributed by atoms with E-state index in [-0.39, 0.29) is 23.9 Å². The first-order chi connectivity index (χ1) is 10.6. The number of nitrogens with zero attached hydrogens (tertiary/aromatic N) is 1. The first-order valence-corrected chi connectivity index (χ1v) is 8.19. The van der Waals surface area contributed by atoms with Gasteiger partial charge in [0.15, 0.2) is 0 Å². The lowest BCUT2D eigenvalue weighted by atomic mass is 9.91. The number of carbonyl (C=O) groups excluding carboxylic acids is 2. The maximum absolute atomic E-state index is 12.8. The van der Waals surface area contributed by atoms with Crippen molar-refractivity contribution in [2.24, 2.45) is 0 Å². The Morgan fingerprint density at radius 2 is 2.00 bits per heavy atom. The summed E-state index contributed by atoms with van der Waals surface area (Å²) in [7, 11) is 0. The minimum Gasteiger partial charge on any atom is -0.349 e. The van der Waals surface area contributed by atoms with Crippen LogP contribution < -0.4 is 10.2 Å². The van der Waals surface area contributed by atoms with Crippen molar-refractivity contribution in [2.45, 2.75) is 32.4 Å². The van der Waals surface area contributed by atoms with Crippen LogP contribution in [0.5, 0.6) is 0 Å². The molecule has 0 radical (unpaired) electrons. The molecular formula is C17H18N2O2S. The van der Waals surface area contributed by atoms with Gasteiger partial charge in [0.05, 0.1) is 10.9 Å². The second kappa shape index (κ2) is 5.93. The van der Waals surface area contributed by atoms with Gasteiger partial charge in [-0.1, -0.05) is 24.3 Å². The fourth-order valence-corrected chi connectivity index (χ4v) is 3.68. The molecular weight excluding hydrogens is 296 g/mol. The second-order valence-corrected chi connectivity index (χ2v) is 6.50. The van der Waals surface area contributed by atoms with Gasteiger partial charge >= 0.3 is 0 Å². The lowest BCUT2D eigenvalue weighted by Crippen LogP contribution is -2.45. The van der Waals surface area contributed by atoms with Crippen LogP contribution in [0.2, 0.25) is 0 Å².